The smallest absolute Gasteiger partial charge is 0.248 e. The highest BCUT2D eigenvalue weighted by atomic mass is 35.5. The molecule has 2 aromatic rings. The van der Waals surface area contributed by atoms with E-state index < -0.39 is 0 Å². The van der Waals surface area contributed by atoms with E-state index in [-0.39, 0.29) is 24.1 Å². The number of hydrogen-bond acceptors (Lipinski definition) is 3. The van der Waals surface area contributed by atoms with Crippen LogP contribution in [0.15, 0.2) is 60.2 Å². The summed E-state index contributed by atoms with van der Waals surface area (Å²) in [6.07, 6.45) is 1.94. The van der Waals surface area contributed by atoms with Crippen molar-refractivity contribution < 1.29 is 32.0 Å². The number of rotatable bonds is 8. The lowest BCUT2D eigenvalue weighted by Crippen LogP contribution is -3.00. The molecule has 1 amide bonds. The quantitative estimate of drug-likeness (QED) is 0.382. The second-order valence-electron chi connectivity index (χ2n) is 6.23. The zero-order chi connectivity index (χ0) is 18.9. The first-order valence-electron chi connectivity index (χ1n) is 8.54. The van der Waals surface area contributed by atoms with Crippen LogP contribution in [0.5, 0.6) is 5.75 Å². The van der Waals surface area contributed by atoms with Gasteiger partial charge in [0.2, 0.25) is 5.91 Å². The van der Waals surface area contributed by atoms with E-state index in [2.05, 4.69) is 5.32 Å². The first-order chi connectivity index (χ1) is 12.5. The van der Waals surface area contributed by atoms with E-state index in [4.69, 9.17) is 4.74 Å². The molecule has 0 unspecified atom stereocenters. The summed E-state index contributed by atoms with van der Waals surface area (Å²) in [6.45, 7) is 4.37. The Morgan fingerprint density at radius 1 is 1.11 bits per heavy atom. The number of ether oxygens (including phenoxy) is 1. The van der Waals surface area contributed by atoms with E-state index in [1.54, 1.807) is 31.4 Å². The maximum atomic E-state index is 12.4. The molecule has 0 aliphatic rings. The van der Waals surface area contributed by atoms with Crippen LogP contribution in [-0.2, 0) is 4.79 Å². The SMILES string of the molecule is COc1ccc([NH2+]CCC(=O)c2cccc(NC(=O)C=C(C)C)c2)cc1.[Cl-]. The molecule has 0 aliphatic carbocycles. The standard InChI is InChI=1S/C21H24N2O3.ClH/c1-15(2)13-21(25)23-18-6-4-5-16(14-18)20(24)11-12-22-17-7-9-19(26-3)10-8-17;/h4-10,13-14,22H,11-12H2,1-3H3,(H,23,25);1H. The number of halogens is 1. The Morgan fingerprint density at radius 3 is 2.44 bits per heavy atom. The van der Waals surface area contributed by atoms with Gasteiger partial charge >= 0.3 is 0 Å². The Hall–Kier alpha value is -2.63. The van der Waals surface area contributed by atoms with Crippen molar-refractivity contribution in [3.8, 4) is 5.75 Å². The van der Waals surface area contributed by atoms with Crippen LogP contribution in [0.2, 0.25) is 0 Å². The Kier molecular flexibility index (Phi) is 9.26. The van der Waals surface area contributed by atoms with Crippen LogP contribution in [0.25, 0.3) is 0 Å². The molecule has 0 atom stereocenters. The molecule has 5 nitrogen and oxygen atoms in total. The van der Waals surface area contributed by atoms with Crippen LogP contribution in [0.3, 0.4) is 0 Å². The van der Waals surface area contributed by atoms with Gasteiger partial charge in [0.25, 0.3) is 0 Å². The molecule has 2 rings (SSSR count). The Bertz CT molecular complexity index is 797. The Morgan fingerprint density at radius 2 is 1.81 bits per heavy atom. The normalized spacial score (nSPS) is 9.74. The van der Waals surface area contributed by atoms with Crippen LogP contribution in [0.4, 0.5) is 11.4 Å². The fourth-order valence-corrected chi connectivity index (χ4v) is 2.47. The molecular weight excluding hydrogens is 364 g/mol. The molecule has 0 saturated heterocycles. The molecule has 0 fully saturated rings. The van der Waals surface area contributed by atoms with Gasteiger partial charge in [0.05, 0.1) is 20.1 Å². The number of methoxy groups -OCH3 is 1. The number of ketones is 1. The summed E-state index contributed by atoms with van der Waals surface area (Å²) in [5.41, 5.74) is 3.20. The van der Waals surface area contributed by atoms with Crippen molar-refractivity contribution in [2.24, 2.45) is 0 Å². The summed E-state index contributed by atoms with van der Waals surface area (Å²) in [5.74, 6) is 0.667. The molecule has 0 aliphatic heterocycles. The van der Waals surface area contributed by atoms with Gasteiger partial charge in [-0.25, -0.2) is 0 Å². The van der Waals surface area contributed by atoms with Crippen LogP contribution in [0.1, 0.15) is 30.6 Å². The molecule has 0 saturated carbocycles. The van der Waals surface area contributed by atoms with E-state index >= 15 is 0 Å². The van der Waals surface area contributed by atoms with Crippen molar-refractivity contribution in [3.63, 3.8) is 0 Å². The van der Waals surface area contributed by atoms with Crippen molar-refractivity contribution >= 4 is 23.1 Å². The molecule has 2 aromatic carbocycles. The molecule has 0 aromatic heterocycles. The highest BCUT2D eigenvalue weighted by Gasteiger charge is 2.09. The molecule has 144 valence electrons. The number of carbonyl (C=O) groups is 2. The van der Waals surface area contributed by atoms with E-state index in [1.165, 1.54) is 6.08 Å². The summed E-state index contributed by atoms with van der Waals surface area (Å²) in [4.78, 5) is 24.2. The van der Waals surface area contributed by atoms with Gasteiger partial charge in [0.1, 0.15) is 11.4 Å². The average Bonchev–Trinajstić information content (AvgIpc) is 2.61. The van der Waals surface area contributed by atoms with Crippen LogP contribution in [-0.4, -0.2) is 25.3 Å². The van der Waals surface area contributed by atoms with Crippen molar-refractivity contribution in [1.29, 1.82) is 0 Å². The molecule has 0 bridgehead atoms. The lowest BCUT2D eigenvalue weighted by atomic mass is 10.1. The largest absolute Gasteiger partial charge is 1.00 e. The minimum absolute atomic E-state index is 0. The molecule has 3 N–H and O–H groups in total. The van der Waals surface area contributed by atoms with E-state index in [0.717, 1.165) is 17.0 Å². The molecule has 0 radical (unpaired) electrons. The van der Waals surface area contributed by atoms with Gasteiger partial charge in [0, 0.05) is 29.5 Å². The number of allylic oxidation sites excluding steroid dienone is 1. The first-order valence-corrected chi connectivity index (χ1v) is 8.54. The van der Waals surface area contributed by atoms with Gasteiger partial charge in [-0.3, -0.25) is 9.59 Å². The lowest BCUT2D eigenvalue weighted by molar-refractivity contribution is -0.570. The number of benzene rings is 2. The summed E-state index contributed by atoms with van der Waals surface area (Å²) < 4.78 is 5.13. The predicted molar refractivity (Wildman–Crippen MR) is 103 cm³/mol. The zero-order valence-electron chi connectivity index (χ0n) is 15.8. The number of nitrogens with one attached hydrogen (secondary N) is 1. The summed E-state index contributed by atoms with van der Waals surface area (Å²) >= 11 is 0. The molecular formula is C21H25ClN2O3. The van der Waals surface area contributed by atoms with E-state index in [0.29, 0.717) is 24.2 Å². The lowest BCUT2D eigenvalue weighted by Gasteiger charge is -2.06. The van der Waals surface area contributed by atoms with Gasteiger partial charge in [-0.2, -0.15) is 0 Å². The first kappa shape index (κ1) is 22.4. The number of nitrogens with two attached hydrogens (primary N) is 1. The highest BCUT2D eigenvalue weighted by Crippen LogP contribution is 2.13. The third kappa shape index (κ3) is 7.64. The number of quaternary nitrogens is 1. The van der Waals surface area contributed by atoms with Gasteiger partial charge < -0.3 is 27.8 Å². The van der Waals surface area contributed by atoms with Crippen LogP contribution < -0.4 is 27.8 Å². The number of hydrogen-bond donors (Lipinski definition) is 2. The minimum atomic E-state index is -0.192. The molecule has 6 heteroatoms. The van der Waals surface area contributed by atoms with E-state index in [1.807, 2.05) is 43.4 Å². The van der Waals surface area contributed by atoms with Gasteiger partial charge in [-0.1, -0.05) is 17.7 Å². The molecule has 27 heavy (non-hydrogen) atoms. The third-order valence-electron chi connectivity index (χ3n) is 3.74. The van der Waals surface area contributed by atoms with E-state index in [9.17, 15) is 9.59 Å². The second kappa shape index (κ2) is 11.2. The Balaban J connectivity index is 0.00000364. The number of Topliss-reactive ketones (excluding diaryl/α,β-unsaturated/α-hetero) is 1. The fourth-order valence-electron chi connectivity index (χ4n) is 2.47. The second-order valence-corrected chi connectivity index (χ2v) is 6.23. The minimum Gasteiger partial charge on any atom is -1.00 e. The number of anilines is 1. The van der Waals surface area contributed by atoms with Crippen LogP contribution in [0, 0.1) is 0 Å². The summed E-state index contributed by atoms with van der Waals surface area (Å²) in [7, 11) is 1.63. The monoisotopic (exact) mass is 388 g/mol. The van der Waals surface area contributed by atoms with Crippen molar-refractivity contribution in [1.82, 2.24) is 0 Å². The van der Waals surface area contributed by atoms with Gasteiger partial charge in [0.15, 0.2) is 5.78 Å². The van der Waals surface area contributed by atoms with Gasteiger partial charge in [-0.05, 0) is 38.1 Å². The fraction of sp³-hybridized carbons (Fsp3) is 0.238. The number of amides is 1. The predicted octanol–water partition coefficient (Wildman–Crippen LogP) is 0.0718. The third-order valence-corrected chi connectivity index (χ3v) is 3.74. The van der Waals surface area contributed by atoms with Crippen LogP contribution >= 0.6 is 0 Å². The summed E-state index contributed by atoms with van der Waals surface area (Å²) in [6, 6.07) is 14.7. The summed E-state index contributed by atoms with van der Waals surface area (Å²) in [5, 5.41) is 4.80. The highest BCUT2D eigenvalue weighted by molar-refractivity contribution is 6.01. The maximum Gasteiger partial charge on any atom is 0.248 e. The topological polar surface area (TPSA) is 72.0 Å². The zero-order valence-corrected chi connectivity index (χ0v) is 16.5. The average molecular weight is 389 g/mol. The molecule has 0 heterocycles. The Labute approximate surface area is 166 Å². The van der Waals surface area contributed by atoms with Crippen molar-refractivity contribution in [2.75, 3.05) is 19.0 Å². The molecule has 0 spiro atoms. The van der Waals surface area contributed by atoms with Crippen molar-refractivity contribution in [3.05, 3.63) is 65.7 Å². The maximum absolute atomic E-state index is 12.4. The number of carbonyl (C=O) groups excluding carboxylic acids is 2. The van der Waals surface area contributed by atoms with Crippen molar-refractivity contribution in [2.45, 2.75) is 20.3 Å². The van der Waals surface area contributed by atoms with Gasteiger partial charge in [-0.15, -0.1) is 0 Å².